The number of hydrogen-bond donors (Lipinski definition) is 1. The summed E-state index contributed by atoms with van der Waals surface area (Å²) < 4.78 is 44.7. The number of pyridine rings is 1. The lowest BCUT2D eigenvalue weighted by atomic mass is 9.74. The van der Waals surface area contributed by atoms with Gasteiger partial charge >= 0.3 is 12.1 Å². The average Bonchev–Trinajstić information content (AvgIpc) is 2.60. The van der Waals surface area contributed by atoms with Gasteiger partial charge in [0.1, 0.15) is 5.82 Å². The van der Waals surface area contributed by atoms with Crippen LogP contribution in [0.25, 0.3) is 11.4 Å². The van der Waals surface area contributed by atoms with Gasteiger partial charge in [0.25, 0.3) is 0 Å². The molecule has 0 amide bonds. The Morgan fingerprint density at radius 2 is 1.81 bits per heavy atom. The van der Waals surface area contributed by atoms with E-state index >= 15 is 0 Å². The first-order valence-corrected chi connectivity index (χ1v) is 8.12. The molecule has 0 aromatic carbocycles. The lowest BCUT2D eigenvalue weighted by Gasteiger charge is -2.40. The number of rotatable bonds is 5. The highest BCUT2D eigenvalue weighted by Gasteiger charge is 2.45. The van der Waals surface area contributed by atoms with Gasteiger partial charge in [0.15, 0.2) is 11.5 Å². The predicted octanol–water partition coefficient (Wildman–Crippen LogP) is 3.95. The fourth-order valence-electron chi connectivity index (χ4n) is 2.27. The zero-order valence-electron chi connectivity index (χ0n) is 15.7. The van der Waals surface area contributed by atoms with Crippen molar-refractivity contribution < 1.29 is 22.7 Å². The summed E-state index contributed by atoms with van der Waals surface area (Å²) in [4.78, 5) is 23.8. The summed E-state index contributed by atoms with van der Waals surface area (Å²) in [6, 6.07) is 3.96. The molecule has 27 heavy (non-hydrogen) atoms. The van der Waals surface area contributed by atoms with Crippen molar-refractivity contribution >= 4 is 11.8 Å². The Bertz CT molecular complexity index is 821. The van der Waals surface area contributed by atoms with Crippen LogP contribution in [-0.2, 0) is 15.7 Å². The molecule has 2 aromatic heterocycles. The molecular weight excluding hydrogens is 361 g/mol. The molecule has 1 N–H and O–H groups in total. The molecule has 0 unspecified atom stereocenters. The number of esters is 1. The topological polar surface area (TPSA) is 77.0 Å². The molecule has 2 rings (SSSR count). The summed E-state index contributed by atoms with van der Waals surface area (Å²) in [5.41, 5.74) is -2.76. The van der Waals surface area contributed by atoms with Gasteiger partial charge in [-0.25, -0.2) is 9.97 Å². The molecule has 146 valence electrons. The van der Waals surface area contributed by atoms with Gasteiger partial charge in [-0.15, -0.1) is 0 Å². The number of nitrogens with zero attached hydrogens (tertiary/aromatic N) is 3. The molecule has 0 saturated carbocycles. The molecule has 0 radical (unpaired) electrons. The fourth-order valence-corrected chi connectivity index (χ4v) is 2.27. The number of ether oxygens (including phenoxy) is 1. The molecule has 0 aliphatic rings. The molecule has 0 aliphatic heterocycles. The molecule has 2 heterocycles. The van der Waals surface area contributed by atoms with Gasteiger partial charge in [0.2, 0.25) is 0 Å². The Balaban J connectivity index is 2.52. The molecule has 0 bridgehead atoms. The summed E-state index contributed by atoms with van der Waals surface area (Å²) in [5, 5.41) is 2.92. The van der Waals surface area contributed by atoms with Crippen molar-refractivity contribution in [1.29, 1.82) is 0 Å². The standard InChI is InChI=1S/C18H21F3N4O2/c1-16(2,15(26)27-5)17(3,4)25-13-9-12(18(19,20)21)23-14(24-13)11-7-6-8-22-10-11/h6-10H,1-5H3,(H,23,24,25). The summed E-state index contributed by atoms with van der Waals surface area (Å²) in [6.07, 6.45) is -1.78. The van der Waals surface area contributed by atoms with Crippen LogP contribution in [0.3, 0.4) is 0 Å². The maximum Gasteiger partial charge on any atom is 0.433 e. The van der Waals surface area contributed by atoms with Crippen LogP contribution in [0.4, 0.5) is 19.0 Å². The minimum Gasteiger partial charge on any atom is -0.469 e. The van der Waals surface area contributed by atoms with Gasteiger partial charge in [0, 0.05) is 29.6 Å². The number of halogens is 3. The Hall–Kier alpha value is -2.71. The maximum absolute atomic E-state index is 13.3. The second-order valence-electron chi connectivity index (χ2n) is 7.07. The fraction of sp³-hybridized carbons (Fsp3) is 0.444. The van der Waals surface area contributed by atoms with E-state index in [9.17, 15) is 18.0 Å². The van der Waals surface area contributed by atoms with Gasteiger partial charge in [-0.05, 0) is 39.8 Å². The van der Waals surface area contributed by atoms with Crippen LogP contribution in [-0.4, -0.2) is 33.6 Å². The molecule has 0 aliphatic carbocycles. The molecular formula is C18H21F3N4O2. The molecule has 6 nitrogen and oxygen atoms in total. The van der Waals surface area contributed by atoms with Gasteiger partial charge in [0.05, 0.1) is 12.5 Å². The largest absolute Gasteiger partial charge is 0.469 e. The quantitative estimate of drug-likeness (QED) is 0.789. The van der Waals surface area contributed by atoms with Crippen LogP contribution in [0, 0.1) is 5.41 Å². The van der Waals surface area contributed by atoms with E-state index in [0.29, 0.717) is 5.56 Å². The van der Waals surface area contributed by atoms with Crippen LogP contribution in [0.5, 0.6) is 0 Å². The van der Waals surface area contributed by atoms with Crippen LogP contribution < -0.4 is 5.32 Å². The number of aromatic nitrogens is 3. The average molecular weight is 382 g/mol. The first-order valence-electron chi connectivity index (χ1n) is 8.12. The number of carbonyl (C=O) groups excluding carboxylic acids is 1. The summed E-state index contributed by atoms with van der Waals surface area (Å²) in [6.45, 7) is 6.64. The van der Waals surface area contributed by atoms with Gasteiger partial charge in [-0.2, -0.15) is 13.2 Å². The molecule has 9 heteroatoms. The van der Waals surface area contributed by atoms with Crippen LogP contribution in [0.15, 0.2) is 30.6 Å². The van der Waals surface area contributed by atoms with Crippen LogP contribution in [0.2, 0.25) is 0 Å². The van der Waals surface area contributed by atoms with E-state index in [4.69, 9.17) is 4.74 Å². The Morgan fingerprint density at radius 1 is 1.15 bits per heavy atom. The second-order valence-corrected chi connectivity index (χ2v) is 7.07. The Morgan fingerprint density at radius 3 is 2.33 bits per heavy atom. The SMILES string of the molecule is COC(=O)C(C)(C)C(C)(C)Nc1cc(C(F)(F)F)nc(-c2cccnc2)n1. The van der Waals surface area contributed by atoms with Gasteiger partial charge in [-0.1, -0.05) is 0 Å². The van der Waals surface area contributed by atoms with Crippen molar-refractivity contribution in [3.63, 3.8) is 0 Å². The normalized spacial score (nSPS) is 12.6. The summed E-state index contributed by atoms with van der Waals surface area (Å²) >= 11 is 0. The highest BCUT2D eigenvalue weighted by molar-refractivity contribution is 5.78. The minimum absolute atomic E-state index is 0.0573. The molecule has 0 saturated heterocycles. The van der Waals surface area contributed by atoms with Gasteiger partial charge in [-0.3, -0.25) is 9.78 Å². The Labute approximate surface area is 155 Å². The second kappa shape index (κ2) is 7.13. The third-order valence-corrected chi connectivity index (χ3v) is 4.64. The molecule has 2 aromatic rings. The monoisotopic (exact) mass is 382 g/mol. The van der Waals surface area contributed by atoms with Crippen LogP contribution >= 0.6 is 0 Å². The summed E-state index contributed by atoms with van der Waals surface area (Å²) in [7, 11) is 1.26. The number of anilines is 1. The van der Waals surface area contributed by atoms with E-state index in [1.165, 1.54) is 19.5 Å². The van der Waals surface area contributed by atoms with Crippen molar-refractivity contribution in [2.24, 2.45) is 5.41 Å². The smallest absolute Gasteiger partial charge is 0.433 e. The van der Waals surface area contributed by atoms with E-state index in [1.807, 2.05) is 0 Å². The van der Waals surface area contributed by atoms with Crippen molar-refractivity contribution in [1.82, 2.24) is 15.0 Å². The number of alkyl halides is 3. The van der Waals surface area contributed by atoms with E-state index in [0.717, 1.165) is 6.07 Å². The molecule has 0 fully saturated rings. The Kier molecular flexibility index (Phi) is 5.44. The van der Waals surface area contributed by atoms with Crippen molar-refractivity contribution in [3.8, 4) is 11.4 Å². The minimum atomic E-state index is -4.65. The zero-order valence-corrected chi connectivity index (χ0v) is 15.7. The number of hydrogen-bond acceptors (Lipinski definition) is 6. The van der Waals surface area contributed by atoms with E-state index in [-0.39, 0.29) is 11.6 Å². The predicted molar refractivity (Wildman–Crippen MR) is 93.8 cm³/mol. The molecule has 0 spiro atoms. The third-order valence-electron chi connectivity index (χ3n) is 4.64. The van der Waals surface area contributed by atoms with Gasteiger partial charge < -0.3 is 10.1 Å². The lowest BCUT2D eigenvalue weighted by molar-refractivity contribution is -0.153. The lowest BCUT2D eigenvalue weighted by Crippen LogP contribution is -2.51. The van der Waals surface area contributed by atoms with Crippen molar-refractivity contribution in [3.05, 3.63) is 36.3 Å². The molecule has 0 atom stereocenters. The van der Waals surface area contributed by atoms with Crippen molar-refractivity contribution in [2.75, 3.05) is 12.4 Å². The van der Waals surface area contributed by atoms with E-state index in [1.54, 1.807) is 39.8 Å². The first-order chi connectivity index (χ1) is 12.4. The third kappa shape index (κ3) is 4.35. The van der Waals surface area contributed by atoms with Crippen molar-refractivity contribution in [2.45, 2.75) is 39.4 Å². The first kappa shape index (κ1) is 20.6. The zero-order chi connectivity index (χ0) is 20.5. The van der Waals surface area contributed by atoms with E-state index in [2.05, 4.69) is 20.3 Å². The van der Waals surface area contributed by atoms with Crippen LogP contribution in [0.1, 0.15) is 33.4 Å². The number of nitrogens with one attached hydrogen (secondary N) is 1. The highest BCUT2D eigenvalue weighted by Crippen LogP contribution is 2.36. The van der Waals surface area contributed by atoms with E-state index < -0.39 is 28.8 Å². The maximum atomic E-state index is 13.3. The number of methoxy groups -OCH3 is 1. The number of carbonyl (C=O) groups is 1. The highest BCUT2D eigenvalue weighted by atomic mass is 19.4. The summed E-state index contributed by atoms with van der Waals surface area (Å²) in [5.74, 6) is -0.678.